The number of halogens is 3. The van der Waals surface area contributed by atoms with E-state index in [4.69, 9.17) is 23.2 Å². The smallest absolute Gasteiger partial charge is 0.274 e. The average Bonchev–Trinajstić information content (AvgIpc) is 3.10. The van der Waals surface area contributed by atoms with Gasteiger partial charge in [0.2, 0.25) is 0 Å². The van der Waals surface area contributed by atoms with Crippen LogP contribution in [0.5, 0.6) is 0 Å². The first-order chi connectivity index (χ1) is 13.8. The van der Waals surface area contributed by atoms with Gasteiger partial charge >= 0.3 is 0 Å². The van der Waals surface area contributed by atoms with Gasteiger partial charge in [0.05, 0.1) is 21.8 Å². The number of carbonyl (C=O) groups is 2. The van der Waals surface area contributed by atoms with Crippen molar-refractivity contribution < 1.29 is 9.59 Å². The summed E-state index contributed by atoms with van der Waals surface area (Å²) >= 11 is 15.4. The van der Waals surface area contributed by atoms with Gasteiger partial charge in [-0.2, -0.15) is 10.4 Å². The second-order valence-corrected chi connectivity index (χ2v) is 7.25. The molecular formula is C18H11BrCl2N6O2. The van der Waals surface area contributed by atoms with Crippen LogP contribution in [0.25, 0.3) is 5.82 Å². The molecule has 146 valence electrons. The summed E-state index contributed by atoms with van der Waals surface area (Å²) in [6, 6.07) is 9.36. The number of nitrogens with zero attached hydrogens (tertiary/aromatic N) is 4. The second kappa shape index (κ2) is 8.61. The van der Waals surface area contributed by atoms with Gasteiger partial charge in [-0.15, -0.1) is 0 Å². The van der Waals surface area contributed by atoms with Crippen LogP contribution < -0.4 is 10.6 Å². The highest BCUT2D eigenvalue weighted by Gasteiger charge is 2.23. The molecule has 11 heteroatoms. The van der Waals surface area contributed by atoms with E-state index in [9.17, 15) is 14.9 Å². The van der Waals surface area contributed by atoms with Gasteiger partial charge in [0.15, 0.2) is 5.82 Å². The van der Waals surface area contributed by atoms with Gasteiger partial charge in [-0.1, -0.05) is 23.2 Å². The van der Waals surface area contributed by atoms with Gasteiger partial charge < -0.3 is 10.6 Å². The van der Waals surface area contributed by atoms with Crippen LogP contribution in [0.1, 0.15) is 26.4 Å². The number of carbonyl (C=O) groups excluding carboxylic acids is 2. The topological polar surface area (TPSA) is 113 Å². The van der Waals surface area contributed by atoms with E-state index >= 15 is 0 Å². The third kappa shape index (κ3) is 4.24. The SMILES string of the molecule is CNC(=O)c1cc(Cl)cc(C#N)c1NC(=O)c1cc(Br)nn1-c1ncccc1Cl. The average molecular weight is 494 g/mol. The van der Waals surface area contributed by atoms with Crippen LogP contribution in [0, 0.1) is 11.3 Å². The van der Waals surface area contributed by atoms with Crippen molar-refractivity contribution in [2.45, 2.75) is 0 Å². The van der Waals surface area contributed by atoms with Crippen molar-refractivity contribution in [3.63, 3.8) is 0 Å². The second-order valence-electron chi connectivity index (χ2n) is 5.59. The molecule has 0 bridgehead atoms. The number of anilines is 1. The fraction of sp³-hybridized carbons (Fsp3) is 0.0556. The highest BCUT2D eigenvalue weighted by Crippen LogP contribution is 2.27. The fourth-order valence-electron chi connectivity index (χ4n) is 2.53. The van der Waals surface area contributed by atoms with Crippen molar-refractivity contribution in [2.75, 3.05) is 12.4 Å². The van der Waals surface area contributed by atoms with Gasteiger partial charge in [-0.25, -0.2) is 9.67 Å². The lowest BCUT2D eigenvalue weighted by Gasteiger charge is -2.13. The fourth-order valence-corrected chi connectivity index (χ4v) is 3.32. The largest absolute Gasteiger partial charge is 0.355 e. The summed E-state index contributed by atoms with van der Waals surface area (Å²) in [5.74, 6) is -0.899. The number of rotatable bonds is 4. The molecule has 0 radical (unpaired) electrons. The number of aromatic nitrogens is 3. The summed E-state index contributed by atoms with van der Waals surface area (Å²) < 4.78 is 1.62. The molecule has 3 aromatic rings. The minimum absolute atomic E-state index is 0.0252. The number of pyridine rings is 1. The van der Waals surface area contributed by atoms with Crippen molar-refractivity contribution in [2.24, 2.45) is 0 Å². The standard InChI is InChI=1S/C18H11BrCl2N6O2/c1-23-17(28)11-6-10(20)5-9(8-22)15(11)25-18(29)13-7-14(19)26-27(13)16-12(21)3-2-4-24-16/h2-7H,1H3,(H,23,28)(H,25,29). The predicted molar refractivity (Wildman–Crippen MR) is 112 cm³/mol. The van der Waals surface area contributed by atoms with Gasteiger partial charge in [0.25, 0.3) is 11.8 Å². The van der Waals surface area contributed by atoms with Crippen LogP contribution in [0.15, 0.2) is 41.1 Å². The Kier molecular flexibility index (Phi) is 6.17. The zero-order chi connectivity index (χ0) is 21.1. The van der Waals surface area contributed by atoms with Crippen LogP contribution in [-0.2, 0) is 0 Å². The quantitative estimate of drug-likeness (QED) is 0.573. The Balaban J connectivity index is 2.09. The lowest BCUT2D eigenvalue weighted by atomic mass is 10.1. The molecule has 0 aliphatic heterocycles. The van der Waals surface area contributed by atoms with Crippen molar-refractivity contribution in [3.05, 3.63) is 68.0 Å². The Morgan fingerprint density at radius 2 is 2.00 bits per heavy atom. The van der Waals surface area contributed by atoms with E-state index in [-0.39, 0.29) is 38.4 Å². The first-order valence-corrected chi connectivity index (χ1v) is 9.54. The predicted octanol–water partition coefficient (Wildman–Crippen LogP) is 3.82. The van der Waals surface area contributed by atoms with E-state index in [0.29, 0.717) is 4.60 Å². The maximum Gasteiger partial charge on any atom is 0.274 e. The molecule has 0 spiro atoms. The number of hydrogen-bond donors (Lipinski definition) is 2. The molecule has 0 aliphatic rings. The Bertz CT molecular complexity index is 1170. The summed E-state index contributed by atoms with van der Waals surface area (Å²) in [6.07, 6.45) is 1.51. The molecular weight excluding hydrogens is 483 g/mol. The Morgan fingerprint density at radius 3 is 2.66 bits per heavy atom. The first kappa shape index (κ1) is 20.8. The number of hydrogen-bond acceptors (Lipinski definition) is 5. The van der Waals surface area contributed by atoms with Gasteiger partial charge in [-0.05, 0) is 40.2 Å². The van der Waals surface area contributed by atoms with Crippen LogP contribution in [0.3, 0.4) is 0 Å². The summed E-state index contributed by atoms with van der Waals surface area (Å²) in [5.41, 5.74) is 0.188. The zero-order valence-electron chi connectivity index (χ0n) is 14.7. The summed E-state index contributed by atoms with van der Waals surface area (Å²) in [7, 11) is 1.43. The summed E-state index contributed by atoms with van der Waals surface area (Å²) in [4.78, 5) is 29.4. The van der Waals surface area contributed by atoms with Gasteiger partial charge in [0, 0.05) is 24.3 Å². The molecule has 1 aromatic carbocycles. The molecule has 0 saturated carbocycles. The van der Waals surface area contributed by atoms with Gasteiger partial charge in [0.1, 0.15) is 16.4 Å². The van der Waals surface area contributed by atoms with Crippen LogP contribution in [0.2, 0.25) is 10.0 Å². The zero-order valence-corrected chi connectivity index (χ0v) is 17.8. The molecule has 2 heterocycles. The monoisotopic (exact) mass is 492 g/mol. The van der Waals surface area contributed by atoms with E-state index in [0.717, 1.165) is 0 Å². The van der Waals surface area contributed by atoms with Crippen LogP contribution in [0.4, 0.5) is 5.69 Å². The molecule has 3 rings (SSSR count). The lowest BCUT2D eigenvalue weighted by molar-refractivity contribution is 0.0964. The van der Waals surface area contributed by atoms with Crippen molar-refractivity contribution in [1.82, 2.24) is 20.1 Å². The van der Waals surface area contributed by atoms with Crippen LogP contribution in [-0.4, -0.2) is 33.6 Å². The van der Waals surface area contributed by atoms with E-state index in [1.165, 1.54) is 36.1 Å². The molecule has 0 saturated heterocycles. The van der Waals surface area contributed by atoms with Crippen molar-refractivity contribution >= 4 is 56.6 Å². The maximum absolute atomic E-state index is 13.0. The Hall–Kier alpha value is -2.93. The van der Waals surface area contributed by atoms with Crippen LogP contribution >= 0.6 is 39.1 Å². The Labute approximate surface area is 183 Å². The van der Waals surface area contributed by atoms with Gasteiger partial charge in [-0.3, -0.25) is 9.59 Å². The first-order valence-electron chi connectivity index (χ1n) is 7.99. The van der Waals surface area contributed by atoms with E-state index < -0.39 is 11.8 Å². The molecule has 2 amide bonds. The third-order valence-corrected chi connectivity index (χ3v) is 4.69. The Morgan fingerprint density at radius 1 is 1.24 bits per heavy atom. The molecule has 0 aliphatic carbocycles. The molecule has 0 fully saturated rings. The molecule has 8 nitrogen and oxygen atoms in total. The summed E-state index contributed by atoms with van der Waals surface area (Å²) in [6.45, 7) is 0. The molecule has 0 unspecified atom stereocenters. The molecule has 0 atom stereocenters. The molecule has 2 N–H and O–H groups in total. The third-order valence-electron chi connectivity index (χ3n) is 3.79. The highest BCUT2D eigenvalue weighted by molar-refractivity contribution is 9.10. The minimum Gasteiger partial charge on any atom is -0.355 e. The number of benzene rings is 1. The van der Waals surface area contributed by atoms with E-state index in [2.05, 4.69) is 36.6 Å². The normalized spacial score (nSPS) is 10.3. The van der Waals surface area contributed by atoms with Crippen molar-refractivity contribution in [3.8, 4) is 11.9 Å². The number of nitriles is 1. The molecule has 29 heavy (non-hydrogen) atoms. The van der Waals surface area contributed by atoms with E-state index in [1.54, 1.807) is 12.1 Å². The highest BCUT2D eigenvalue weighted by atomic mass is 79.9. The number of nitrogens with one attached hydrogen (secondary N) is 2. The lowest BCUT2D eigenvalue weighted by Crippen LogP contribution is -2.23. The maximum atomic E-state index is 13.0. The molecule has 2 aromatic heterocycles. The van der Waals surface area contributed by atoms with Crippen molar-refractivity contribution in [1.29, 1.82) is 5.26 Å². The number of amides is 2. The van der Waals surface area contributed by atoms with E-state index in [1.807, 2.05) is 6.07 Å². The summed E-state index contributed by atoms with van der Waals surface area (Å²) in [5, 5.41) is 19.1. The minimum atomic E-state index is -0.631.